The molecule has 0 fully saturated rings. The number of benzene rings is 1. The Morgan fingerprint density at radius 3 is 2.15 bits per heavy atom. The number of phenols is 1. The first-order chi connectivity index (χ1) is 19.4. The van der Waals surface area contributed by atoms with Gasteiger partial charge in [0.25, 0.3) is 5.56 Å². The number of nitrogens with zero attached hydrogens (tertiary/aromatic N) is 1. The molecule has 1 aromatic heterocycles. The van der Waals surface area contributed by atoms with Crippen molar-refractivity contribution in [3.8, 4) is 17.2 Å². The topological polar surface area (TPSA) is 60.7 Å². The Kier molecular flexibility index (Phi) is 16.3. The number of rotatable bonds is 21. The molecule has 2 rings (SSSR count). The van der Waals surface area contributed by atoms with Gasteiger partial charge in [0, 0.05) is 18.0 Å². The summed E-state index contributed by atoms with van der Waals surface area (Å²) in [7, 11) is 0. The van der Waals surface area contributed by atoms with Gasteiger partial charge in [-0.2, -0.15) is 0 Å². The van der Waals surface area contributed by atoms with E-state index in [1.165, 1.54) is 62.5 Å². The third kappa shape index (κ3) is 11.8. The lowest BCUT2D eigenvalue weighted by Crippen LogP contribution is -2.24. The monoisotopic (exact) mass is 553 g/mol. The predicted octanol–water partition coefficient (Wildman–Crippen LogP) is 9.88. The van der Waals surface area contributed by atoms with Gasteiger partial charge in [-0.15, -0.1) is 0 Å². The molecule has 0 saturated carbocycles. The zero-order valence-corrected chi connectivity index (χ0v) is 26.0. The van der Waals surface area contributed by atoms with Gasteiger partial charge in [0.05, 0.1) is 12.1 Å². The Labute approximate surface area is 243 Å². The van der Waals surface area contributed by atoms with Crippen molar-refractivity contribution in [3.05, 3.63) is 51.9 Å². The van der Waals surface area contributed by atoms with Crippen LogP contribution in [0.3, 0.4) is 0 Å². The number of pyridine rings is 1. The maximum atomic E-state index is 13.8. The average Bonchev–Trinajstić information content (AvgIpc) is 2.92. The number of hydrogen-bond donors (Lipinski definition) is 1. The third-order valence-corrected chi connectivity index (χ3v) is 7.39. The zero-order chi connectivity index (χ0) is 29.2. The highest BCUT2D eigenvalue weighted by Crippen LogP contribution is 2.35. The Morgan fingerprint density at radius 1 is 0.825 bits per heavy atom. The largest absolute Gasteiger partial charge is 0.508 e. The summed E-state index contributed by atoms with van der Waals surface area (Å²) in [6, 6.07) is 5.19. The van der Waals surface area contributed by atoms with Crippen molar-refractivity contribution in [2.45, 2.75) is 131 Å². The Bertz CT molecular complexity index is 1120. The molecule has 0 aliphatic heterocycles. The SMILES string of the molecule is CCCCCCCCOc1c(OC/C=C(\C)CCC=C(C)C)c2ccc(O)cc2n(CCCCCCCC)c1=O. The molecule has 224 valence electrons. The van der Waals surface area contributed by atoms with Gasteiger partial charge in [0.15, 0.2) is 5.75 Å². The van der Waals surface area contributed by atoms with Crippen molar-refractivity contribution in [1.29, 1.82) is 0 Å². The van der Waals surface area contributed by atoms with Crippen molar-refractivity contribution in [2.75, 3.05) is 13.2 Å². The van der Waals surface area contributed by atoms with Crippen molar-refractivity contribution in [3.63, 3.8) is 0 Å². The highest BCUT2D eigenvalue weighted by atomic mass is 16.5. The van der Waals surface area contributed by atoms with Crippen LogP contribution in [0, 0.1) is 0 Å². The number of hydrogen-bond acceptors (Lipinski definition) is 4. The van der Waals surface area contributed by atoms with Crippen molar-refractivity contribution in [1.82, 2.24) is 4.57 Å². The smallest absolute Gasteiger partial charge is 0.297 e. The van der Waals surface area contributed by atoms with Gasteiger partial charge in [-0.05, 0) is 64.7 Å². The summed E-state index contributed by atoms with van der Waals surface area (Å²) in [4.78, 5) is 13.8. The van der Waals surface area contributed by atoms with Crippen LogP contribution in [0.5, 0.6) is 17.2 Å². The van der Waals surface area contributed by atoms with Crippen LogP contribution in [-0.4, -0.2) is 22.9 Å². The maximum Gasteiger partial charge on any atom is 0.297 e. The van der Waals surface area contributed by atoms with E-state index < -0.39 is 0 Å². The van der Waals surface area contributed by atoms with Crippen LogP contribution in [0.4, 0.5) is 0 Å². The van der Waals surface area contributed by atoms with Crippen LogP contribution in [0.25, 0.3) is 10.9 Å². The van der Waals surface area contributed by atoms with Crippen molar-refractivity contribution in [2.24, 2.45) is 0 Å². The van der Waals surface area contributed by atoms with Gasteiger partial charge in [-0.25, -0.2) is 0 Å². The summed E-state index contributed by atoms with van der Waals surface area (Å²) in [5.74, 6) is 0.928. The summed E-state index contributed by atoms with van der Waals surface area (Å²) in [5, 5.41) is 11.1. The van der Waals surface area contributed by atoms with Gasteiger partial charge in [-0.3, -0.25) is 4.79 Å². The predicted molar refractivity (Wildman–Crippen MR) is 170 cm³/mol. The summed E-state index contributed by atoms with van der Waals surface area (Å²) in [5.41, 5.74) is 3.11. The summed E-state index contributed by atoms with van der Waals surface area (Å²) in [6.45, 7) is 12.3. The number of allylic oxidation sites excluding steroid dienone is 3. The molecular formula is C35H55NO4. The normalized spacial score (nSPS) is 11.7. The van der Waals surface area contributed by atoms with E-state index in [1.807, 2.05) is 6.07 Å². The molecule has 0 spiro atoms. The van der Waals surface area contributed by atoms with Crippen molar-refractivity contribution >= 4 is 10.9 Å². The molecule has 5 heteroatoms. The standard InChI is InChI=1S/C35H55NO4/c1-6-8-10-12-14-16-24-36-32-27-30(37)21-22-31(32)33(40-26-23-29(5)20-18-19-28(3)4)34(35(36)38)39-25-17-15-13-11-9-7-2/h19,21-23,27,37H,6-18,20,24-26H2,1-5H3/b29-23+. The molecule has 0 bridgehead atoms. The van der Waals surface area contributed by atoms with Gasteiger partial charge in [-0.1, -0.05) is 95.3 Å². The van der Waals surface area contributed by atoms with Crippen molar-refractivity contribution < 1.29 is 14.6 Å². The van der Waals surface area contributed by atoms with E-state index in [9.17, 15) is 9.90 Å². The first-order valence-corrected chi connectivity index (χ1v) is 15.8. The van der Waals surface area contributed by atoms with Crippen LogP contribution in [0.15, 0.2) is 46.3 Å². The van der Waals surface area contributed by atoms with E-state index in [0.29, 0.717) is 36.8 Å². The van der Waals surface area contributed by atoms with E-state index in [-0.39, 0.29) is 11.3 Å². The molecule has 5 nitrogen and oxygen atoms in total. The molecule has 0 aliphatic carbocycles. The third-order valence-electron chi connectivity index (χ3n) is 7.39. The maximum absolute atomic E-state index is 13.8. The summed E-state index contributed by atoms with van der Waals surface area (Å²) < 4.78 is 14.3. The van der Waals surface area contributed by atoms with Crippen LogP contribution in [-0.2, 0) is 6.54 Å². The van der Waals surface area contributed by atoms with E-state index >= 15 is 0 Å². The molecule has 0 amide bonds. The lowest BCUT2D eigenvalue weighted by molar-refractivity contribution is 0.271. The second-order valence-corrected chi connectivity index (χ2v) is 11.4. The number of aryl methyl sites for hydroxylation is 1. The van der Waals surface area contributed by atoms with E-state index in [4.69, 9.17) is 9.47 Å². The number of ether oxygens (including phenoxy) is 2. The quantitative estimate of drug-likeness (QED) is 0.123. The Morgan fingerprint density at radius 2 is 1.48 bits per heavy atom. The molecule has 0 atom stereocenters. The molecule has 0 aliphatic rings. The zero-order valence-electron chi connectivity index (χ0n) is 26.0. The van der Waals surface area contributed by atoms with Gasteiger partial charge >= 0.3 is 0 Å². The molecule has 1 heterocycles. The lowest BCUT2D eigenvalue weighted by atomic mass is 10.1. The Hall–Kier alpha value is -2.69. The first-order valence-electron chi connectivity index (χ1n) is 15.8. The van der Waals surface area contributed by atoms with E-state index in [1.54, 1.807) is 16.7 Å². The molecule has 0 saturated heterocycles. The number of unbranched alkanes of at least 4 members (excludes halogenated alkanes) is 10. The molecular weight excluding hydrogens is 498 g/mol. The van der Waals surface area contributed by atoms with Crippen LogP contribution >= 0.6 is 0 Å². The van der Waals surface area contributed by atoms with Gasteiger partial charge in [0.1, 0.15) is 12.4 Å². The second kappa shape index (κ2) is 19.4. The van der Waals surface area contributed by atoms with E-state index in [2.05, 4.69) is 46.8 Å². The van der Waals surface area contributed by atoms with Crippen LogP contribution in [0.1, 0.15) is 125 Å². The summed E-state index contributed by atoms with van der Waals surface area (Å²) in [6.07, 6.45) is 20.1. The number of phenolic OH excluding ortho intramolecular Hbond substituents is 1. The fourth-order valence-corrected chi connectivity index (χ4v) is 4.94. The average molecular weight is 554 g/mol. The molecule has 0 unspecified atom stereocenters. The highest BCUT2D eigenvalue weighted by Gasteiger charge is 2.20. The number of aromatic hydroxyl groups is 1. The van der Waals surface area contributed by atoms with E-state index in [0.717, 1.165) is 43.9 Å². The Balaban J connectivity index is 2.30. The molecule has 2 aromatic rings. The summed E-state index contributed by atoms with van der Waals surface area (Å²) >= 11 is 0. The minimum atomic E-state index is -0.170. The first kappa shape index (κ1) is 33.5. The van der Waals surface area contributed by atoms with Gasteiger partial charge < -0.3 is 19.1 Å². The second-order valence-electron chi connectivity index (χ2n) is 11.4. The number of fused-ring (bicyclic) bond motifs is 1. The molecule has 1 aromatic carbocycles. The van der Waals surface area contributed by atoms with Crippen LogP contribution in [0.2, 0.25) is 0 Å². The van der Waals surface area contributed by atoms with Gasteiger partial charge in [0.2, 0.25) is 5.75 Å². The van der Waals surface area contributed by atoms with Crippen LogP contribution < -0.4 is 15.0 Å². The molecule has 40 heavy (non-hydrogen) atoms. The molecule has 0 radical (unpaired) electrons. The minimum absolute atomic E-state index is 0.144. The number of aromatic nitrogens is 1. The fourth-order valence-electron chi connectivity index (χ4n) is 4.94. The molecule has 1 N–H and O–H groups in total. The fraction of sp³-hybridized carbons (Fsp3) is 0.629. The highest BCUT2D eigenvalue weighted by molar-refractivity contribution is 5.89. The lowest BCUT2D eigenvalue weighted by Gasteiger charge is -2.19. The minimum Gasteiger partial charge on any atom is -0.508 e.